The van der Waals surface area contributed by atoms with Gasteiger partial charge in [0.2, 0.25) is 0 Å². The Balaban J connectivity index is 0.000000177. The van der Waals surface area contributed by atoms with Gasteiger partial charge in [-0.05, 0) is 105 Å². The van der Waals surface area contributed by atoms with Crippen molar-refractivity contribution in [2.45, 2.75) is 47.5 Å². The minimum absolute atomic E-state index is 0.826. The second-order valence-electron chi connectivity index (χ2n) is 16.1. The Morgan fingerprint density at radius 1 is 0.369 bits per heavy atom. The summed E-state index contributed by atoms with van der Waals surface area (Å²) >= 11 is -0.826. The van der Waals surface area contributed by atoms with Gasteiger partial charge in [0.25, 0.3) is 0 Å². The van der Waals surface area contributed by atoms with Crippen molar-refractivity contribution in [3.8, 4) is 66.8 Å². The average Bonchev–Trinajstić information content (AvgIpc) is 4.03. The molecular formula is C62H55Cl2Zr-3. The van der Waals surface area contributed by atoms with Gasteiger partial charge in [0, 0.05) is 0 Å². The molecule has 10 rings (SSSR count). The van der Waals surface area contributed by atoms with Crippen molar-refractivity contribution >= 4 is 38.6 Å². The van der Waals surface area contributed by atoms with Crippen LogP contribution in [0.15, 0.2) is 206 Å². The molecule has 324 valence electrons. The maximum atomic E-state index is 4.93. The topological polar surface area (TPSA) is 0 Å². The van der Waals surface area contributed by atoms with Crippen molar-refractivity contribution in [1.82, 2.24) is 0 Å². The number of halogens is 2. The predicted octanol–water partition coefficient (Wildman–Crippen LogP) is 19.1. The summed E-state index contributed by atoms with van der Waals surface area (Å²) in [7, 11) is 9.87. The fraction of sp³-hybridized carbons (Fsp3) is 0.113. The Morgan fingerprint density at radius 2 is 0.631 bits per heavy atom. The molecule has 10 aromatic carbocycles. The Hall–Kier alpha value is -5.56. The Bertz CT molecular complexity index is 2740. The zero-order valence-corrected chi connectivity index (χ0v) is 42.0. The second-order valence-corrected chi connectivity index (χ2v) is 19.8. The van der Waals surface area contributed by atoms with Crippen LogP contribution in [0.2, 0.25) is 0 Å². The molecule has 0 bridgehead atoms. The van der Waals surface area contributed by atoms with Crippen LogP contribution in [-0.4, -0.2) is 0 Å². The first-order valence-electron chi connectivity index (χ1n) is 22.4. The molecule has 0 saturated heterocycles. The molecule has 0 atom stereocenters. The third kappa shape index (κ3) is 11.3. The van der Waals surface area contributed by atoms with Crippen LogP contribution in [0.3, 0.4) is 0 Å². The fourth-order valence-corrected chi connectivity index (χ4v) is 8.68. The summed E-state index contributed by atoms with van der Waals surface area (Å²) in [6.07, 6.45) is 2.12. The first-order chi connectivity index (χ1) is 31.9. The van der Waals surface area contributed by atoms with E-state index < -0.39 is 20.8 Å². The number of aryl methyl sites for hydroxylation is 4. The zero-order chi connectivity index (χ0) is 45.7. The standard InChI is InChI=1S/2C30H25.C2H5.2ClH.Zr/c2*1-3-22-16-29-21(2)14-15-28(30(29)17-22)27-19-25(23-10-6-4-7-11-23)18-26(20-27)24-12-8-5-9-13-24;1-2;;;/h2*4-20H,3H2,1-2H3;1H2,2H3;2*1H;/q3*-1;;;+2/p-2. The van der Waals surface area contributed by atoms with E-state index in [-0.39, 0.29) is 0 Å². The van der Waals surface area contributed by atoms with Crippen molar-refractivity contribution in [3.63, 3.8) is 0 Å². The summed E-state index contributed by atoms with van der Waals surface area (Å²) in [5, 5.41) is 5.46. The van der Waals surface area contributed by atoms with E-state index in [1.807, 2.05) is 0 Å². The van der Waals surface area contributed by atoms with Crippen LogP contribution in [0.25, 0.3) is 88.3 Å². The SMILES string of the molecule is CCc1cc2c(-c3cc(-c4ccccc4)cc(-c4ccccc4)c3)ccc(C)c2[cH-]1.CCc1cc2c(-c3cc(-c4ccccc4)cc(-c4ccccc4)c3)ccc(C)c2[cH-]1.[CH2-]C.[Cl][Zr][Cl]. The van der Waals surface area contributed by atoms with E-state index >= 15 is 0 Å². The second kappa shape index (κ2) is 23.1. The molecule has 0 aliphatic heterocycles. The normalized spacial score (nSPS) is 10.6. The first-order valence-corrected chi connectivity index (χ1v) is 28.8. The molecule has 0 spiro atoms. The molecule has 0 fully saturated rings. The molecule has 3 heteroatoms. The van der Waals surface area contributed by atoms with Crippen molar-refractivity contribution < 1.29 is 20.8 Å². The van der Waals surface area contributed by atoms with Gasteiger partial charge < -0.3 is 6.92 Å². The van der Waals surface area contributed by atoms with Gasteiger partial charge in [0.15, 0.2) is 0 Å². The summed E-state index contributed by atoms with van der Waals surface area (Å²) in [6.45, 7) is 13.9. The monoisotopic (exact) mass is 959 g/mol. The summed E-state index contributed by atoms with van der Waals surface area (Å²) in [4.78, 5) is 0. The van der Waals surface area contributed by atoms with Crippen molar-refractivity contribution in [3.05, 3.63) is 235 Å². The molecule has 0 heterocycles. The van der Waals surface area contributed by atoms with E-state index in [4.69, 9.17) is 17.0 Å². The maximum absolute atomic E-state index is 4.93. The molecule has 0 nitrogen and oxygen atoms in total. The van der Waals surface area contributed by atoms with E-state index in [0.717, 1.165) is 12.8 Å². The van der Waals surface area contributed by atoms with E-state index in [0.29, 0.717) is 0 Å². The molecule has 0 saturated carbocycles. The molecule has 10 aromatic rings. The molecule has 65 heavy (non-hydrogen) atoms. The van der Waals surface area contributed by atoms with Crippen LogP contribution < -0.4 is 0 Å². The Kier molecular flexibility index (Phi) is 16.8. The molecular weight excluding hydrogens is 907 g/mol. The van der Waals surface area contributed by atoms with E-state index in [1.54, 1.807) is 6.92 Å². The van der Waals surface area contributed by atoms with Gasteiger partial charge in [-0.25, -0.2) is 0 Å². The fourth-order valence-electron chi connectivity index (χ4n) is 8.68. The number of hydrogen-bond acceptors (Lipinski definition) is 0. The van der Waals surface area contributed by atoms with E-state index in [1.165, 1.54) is 111 Å². The molecule has 0 N–H and O–H groups in total. The first kappa shape index (κ1) is 47.4. The van der Waals surface area contributed by atoms with Gasteiger partial charge in [0.05, 0.1) is 0 Å². The summed E-state index contributed by atoms with van der Waals surface area (Å²) in [5.74, 6) is 0. The van der Waals surface area contributed by atoms with Crippen LogP contribution in [0.5, 0.6) is 0 Å². The Labute approximate surface area is 406 Å². The van der Waals surface area contributed by atoms with Crippen LogP contribution in [-0.2, 0) is 33.7 Å². The molecule has 0 aromatic heterocycles. The molecule has 0 aliphatic rings. The molecule has 0 aliphatic carbocycles. The third-order valence-corrected chi connectivity index (χ3v) is 12.1. The zero-order valence-electron chi connectivity index (χ0n) is 38.0. The molecule has 0 amide bonds. The molecule has 0 unspecified atom stereocenters. The summed E-state index contributed by atoms with van der Waals surface area (Å²) in [6, 6.07) is 75.2. The summed E-state index contributed by atoms with van der Waals surface area (Å²) in [5.41, 5.74) is 20.7. The van der Waals surface area contributed by atoms with Gasteiger partial charge >= 0.3 is 37.9 Å². The molecule has 0 radical (unpaired) electrons. The van der Waals surface area contributed by atoms with E-state index in [2.05, 4.69) is 241 Å². The van der Waals surface area contributed by atoms with Crippen LogP contribution >= 0.6 is 17.0 Å². The number of benzene rings is 8. The van der Waals surface area contributed by atoms with Gasteiger partial charge in [-0.3, -0.25) is 0 Å². The van der Waals surface area contributed by atoms with Crippen LogP contribution in [0, 0.1) is 20.8 Å². The van der Waals surface area contributed by atoms with Gasteiger partial charge in [-0.1, -0.05) is 172 Å². The summed E-state index contributed by atoms with van der Waals surface area (Å²) < 4.78 is 0. The number of rotatable bonds is 8. The Morgan fingerprint density at radius 3 is 0.892 bits per heavy atom. The van der Waals surface area contributed by atoms with E-state index in [9.17, 15) is 0 Å². The van der Waals surface area contributed by atoms with Crippen LogP contribution in [0.4, 0.5) is 0 Å². The van der Waals surface area contributed by atoms with Crippen molar-refractivity contribution in [2.24, 2.45) is 0 Å². The number of fused-ring (bicyclic) bond motifs is 2. The number of hydrogen-bond donors (Lipinski definition) is 0. The van der Waals surface area contributed by atoms with Crippen LogP contribution in [0.1, 0.15) is 43.0 Å². The van der Waals surface area contributed by atoms with Crippen molar-refractivity contribution in [1.29, 1.82) is 0 Å². The van der Waals surface area contributed by atoms with Crippen molar-refractivity contribution in [2.75, 3.05) is 0 Å². The quantitative estimate of drug-likeness (QED) is 0.133. The van der Waals surface area contributed by atoms with Gasteiger partial charge in [-0.15, -0.1) is 68.1 Å². The predicted molar refractivity (Wildman–Crippen MR) is 283 cm³/mol. The van der Waals surface area contributed by atoms with Gasteiger partial charge in [0.1, 0.15) is 0 Å². The van der Waals surface area contributed by atoms with Gasteiger partial charge in [-0.2, -0.15) is 19.1 Å². The minimum atomic E-state index is -0.826. The average molecular weight is 962 g/mol. The third-order valence-electron chi connectivity index (χ3n) is 12.1.